The van der Waals surface area contributed by atoms with Gasteiger partial charge in [-0.1, -0.05) is 30.3 Å². The van der Waals surface area contributed by atoms with E-state index >= 15 is 0 Å². The van der Waals surface area contributed by atoms with Gasteiger partial charge in [0.1, 0.15) is 11.4 Å². The van der Waals surface area contributed by atoms with Gasteiger partial charge >= 0.3 is 6.09 Å². The van der Waals surface area contributed by atoms with Gasteiger partial charge in [0.25, 0.3) is 16.0 Å². The highest BCUT2D eigenvalue weighted by Gasteiger charge is 2.36. The fourth-order valence-electron chi connectivity index (χ4n) is 5.59. The second-order valence-corrected chi connectivity index (χ2v) is 12.8. The smallest absolute Gasteiger partial charge is 0.409 e. The predicted molar refractivity (Wildman–Crippen MR) is 180 cm³/mol. The first kappa shape index (κ1) is 31.4. The quantitative estimate of drug-likeness (QED) is 0.0720. The fraction of sp³-hybridized carbons (Fsp3) is 0.156. The number of amides is 3. The minimum absolute atomic E-state index is 0.0906. The number of halogens is 1. The molecular formula is C32H27ClN4O7S2. The molecule has 0 fully saturated rings. The molecule has 0 saturated carbocycles. The van der Waals surface area contributed by atoms with Crippen LogP contribution in [0.25, 0.3) is 21.7 Å². The number of carbonyl (C=O) groups excluding carboxylic acids is 3. The maximum Gasteiger partial charge on any atom is 0.417 e. The molecule has 0 saturated heterocycles. The van der Waals surface area contributed by atoms with E-state index in [2.05, 4.69) is 28.2 Å². The highest BCUT2D eigenvalue weighted by atomic mass is 35.5. The summed E-state index contributed by atoms with van der Waals surface area (Å²) in [5, 5.41) is 7.41. The van der Waals surface area contributed by atoms with Crippen molar-refractivity contribution in [3.8, 4) is 5.75 Å². The number of H-pyrrole nitrogens is 1. The molecule has 1 aromatic heterocycles. The number of hydrogen-bond acceptors (Lipinski definition) is 7. The van der Waals surface area contributed by atoms with Gasteiger partial charge in [0.2, 0.25) is 5.91 Å². The number of benzene rings is 4. The first-order chi connectivity index (χ1) is 22.0. The van der Waals surface area contributed by atoms with E-state index in [0.29, 0.717) is 40.3 Å². The number of aromatic amines is 1. The monoisotopic (exact) mass is 678 g/mol. The summed E-state index contributed by atoms with van der Waals surface area (Å²) in [4.78, 5) is 43.4. The highest BCUT2D eigenvalue weighted by Crippen LogP contribution is 2.46. The average Bonchev–Trinajstić information content (AvgIpc) is 3.62. The SMILES string of the molecule is O=C(CCS)Nc1ccc2[nH]c(C(=O)N3CC(CCl)c4c3cc(OC(=O)Nc3cccc(S(=O)(=O)O)c3)c3ccccc43)cc2c1. The van der Waals surface area contributed by atoms with E-state index in [-0.39, 0.29) is 46.4 Å². The van der Waals surface area contributed by atoms with E-state index in [1.54, 1.807) is 47.4 Å². The molecule has 1 aliphatic heterocycles. The Morgan fingerprint density at radius 1 is 0.978 bits per heavy atom. The van der Waals surface area contributed by atoms with Gasteiger partial charge in [0, 0.05) is 58.5 Å². The first-order valence-corrected chi connectivity index (χ1v) is 16.7. The third-order valence-corrected chi connectivity index (χ3v) is 9.06. The Morgan fingerprint density at radius 3 is 2.48 bits per heavy atom. The fourth-order valence-corrected chi connectivity index (χ4v) is 6.57. The largest absolute Gasteiger partial charge is 0.417 e. The summed E-state index contributed by atoms with van der Waals surface area (Å²) in [5.74, 6) is 0.160. The van der Waals surface area contributed by atoms with E-state index in [9.17, 15) is 27.4 Å². The van der Waals surface area contributed by atoms with Crippen molar-refractivity contribution in [1.82, 2.24) is 4.98 Å². The highest BCUT2D eigenvalue weighted by molar-refractivity contribution is 7.85. The molecule has 5 aromatic rings. The minimum Gasteiger partial charge on any atom is -0.409 e. The molecule has 0 spiro atoms. The van der Waals surface area contributed by atoms with Crippen molar-refractivity contribution >= 4 is 91.0 Å². The van der Waals surface area contributed by atoms with Gasteiger partial charge in [-0.3, -0.25) is 19.5 Å². The molecule has 0 radical (unpaired) electrons. The predicted octanol–water partition coefficient (Wildman–Crippen LogP) is 6.42. The van der Waals surface area contributed by atoms with Crippen LogP contribution in [0.3, 0.4) is 0 Å². The van der Waals surface area contributed by atoms with Gasteiger partial charge in [-0.15, -0.1) is 11.6 Å². The zero-order valence-corrected chi connectivity index (χ0v) is 26.5. The number of fused-ring (bicyclic) bond motifs is 4. The lowest BCUT2D eigenvalue weighted by Gasteiger charge is -2.19. The Labute approximate surface area is 274 Å². The Hall–Kier alpha value is -4.56. The van der Waals surface area contributed by atoms with Crippen LogP contribution in [-0.2, 0) is 14.9 Å². The minimum atomic E-state index is -4.48. The van der Waals surface area contributed by atoms with Crippen LogP contribution in [0.1, 0.15) is 28.4 Å². The zero-order chi connectivity index (χ0) is 32.6. The van der Waals surface area contributed by atoms with E-state index in [0.717, 1.165) is 22.4 Å². The molecule has 0 aliphatic carbocycles. The topological polar surface area (TPSA) is 158 Å². The summed E-state index contributed by atoms with van der Waals surface area (Å²) in [5.41, 5.74) is 3.10. The molecule has 1 atom stereocenters. The Bertz CT molecular complexity index is 2130. The molecular weight excluding hydrogens is 652 g/mol. The van der Waals surface area contributed by atoms with E-state index < -0.39 is 16.2 Å². The van der Waals surface area contributed by atoms with E-state index in [4.69, 9.17) is 16.3 Å². The third-order valence-electron chi connectivity index (χ3n) is 7.61. The zero-order valence-electron chi connectivity index (χ0n) is 24.0. The lowest BCUT2D eigenvalue weighted by atomic mass is 9.95. The van der Waals surface area contributed by atoms with Crippen LogP contribution < -0.4 is 20.3 Å². The summed E-state index contributed by atoms with van der Waals surface area (Å²) in [6, 6.07) is 21.0. The maximum absolute atomic E-state index is 14.0. The summed E-state index contributed by atoms with van der Waals surface area (Å²) >= 11 is 10.5. The number of nitrogens with one attached hydrogen (secondary N) is 3. The molecule has 236 valence electrons. The van der Waals surface area contributed by atoms with Crippen molar-refractivity contribution in [2.24, 2.45) is 0 Å². The van der Waals surface area contributed by atoms with Crippen LogP contribution in [0, 0.1) is 0 Å². The number of aromatic nitrogens is 1. The first-order valence-electron chi connectivity index (χ1n) is 14.1. The van der Waals surface area contributed by atoms with Crippen LogP contribution in [0.5, 0.6) is 5.75 Å². The summed E-state index contributed by atoms with van der Waals surface area (Å²) in [7, 11) is -4.48. The van der Waals surface area contributed by atoms with Crippen molar-refractivity contribution in [2.45, 2.75) is 17.2 Å². The maximum atomic E-state index is 14.0. The number of carbonyl (C=O) groups is 3. The summed E-state index contributed by atoms with van der Waals surface area (Å²) in [6.07, 6.45) is -0.632. The van der Waals surface area contributed by atoms with Crippen LogP contribution in [0.4, 0.5) is 21.9 Å². The molecule has 0 bridgehead atoms. The molecule has 11 nitrogen and oxygen atoms in total. The molecule has 1 aliphatic rings. The average molecular weight is 679 g/mol. The normalized spacial score (nSPS) is 14.3. The van der Waals surface area contributed by atoms with Crippen molar-refractivity contribution in [2.75, 3.05) is 33.7 Å². The number of rotatable bonds is 8. The van der Waals surface area contributed by atoms with Gasteiger partial charge in [-0.05, 0) is 59.2 Å². The standard InChI is InChI=1S/C32H27ClN4O7S2/c33-16-19-17-37(31(39)26-13-18-12-21(8-9-25(18)36-26)34-29(38)10-11-45)27-15-28(23-6-1-2-7-24(23)30(19)27)44-32(40)35-20-4-3-5-22(14-20)46(41,42)43/h1-9,12-15,19,36,45H,10-11,16-17H2,(H,34,38)(H,35,40)(H,41,42,43). The van der Waals surface area contributed by atoms with Gasteiger partial charge < -0.3 is 19.9 Å². The molecule has 1 unspecified atom stereocenters. The van der Waals surface area contributed by atoms with E-state index in [1.807, 2.05) is 12.1 Å². The lowest BCUT2D eigenvalue weighted by Crippen LogP contribution is -2.30. The Kier molecular flexibility index (Phi) is 8.66. The second kappa shape index (κ2) is 12.7. The molecule has 3 amide bonds. The molecule has 14 heteroatoms. The van der Waals surface area contributed by atoms with Crippen LogP contribution in [0.2, 0.25) is 0 Å². The molecule has 2 heterocycles. The summed E-state index contributed by atoms with van der Waals surface area (Å²) < 4.78 is 38.1. The van der Waals surface area contributed by atoms with Gasteiger partial charge in [0.05, 0.1) is 10.6 Å². The van der Waals surface area contributed by atoms with E-state index in [1.165, 1.54) is 18.2 Å². The number of alkyl halides is 1. The van der Waals surface area contributed by atoms with Gasteiger partial charge in [0.15, 0.2) is 0 Å². The molecule has 6 rings (SSSR count). The molecule has 4 aromatic carbocycles. The van der Waals surface area contributed by atoms with Crippen molar-refractivity contribution in [3.05, 3.63) is 90.1 Å². The van der Waals surface area contributed by atoms with Crippen molar-refractivity contribution in [1.29, 1.82) is 0 Å². The van der Waals surface area contributed by atoms with Gasteiger partial charge in [-0.25, -0.2) is 4.79 Å². The Morgan fingerprint density at radius 2 is 1.74 bits per heavy atom. The van der Waals surface area contributed by atoms with Gasteiger partial charge in [-0.2, -0.15) is 21.0 Å². The number of thiol groups is 1. The molecule has 4 N–H and O–H groups in total. The Balaban J connectivity index is 1.33. The number of anilines is 3. The second-order valence-electron chi connectivity index (χ2n) is 10.6. The number of ether oxygens (including phenoxy) is 1. The van der Waals surface area contributed by atoms with Crippen LogP contribution in [-0.4, -0.2) is 54.0 Å². The van der Waals surface area contributed by atoms with Crippen molar-refractivity contribution < 1.29 is 32.1 Å². The van der Waals surface area contributed by atoms with Crippen molar-refractivity contribution in [3.63, 3.8) is 0 Å². The lowest BCUT2D eigenvalue weighted by molar-refractivity contribution is -0.115. The number of hydrogen-bond donors (Lipinski definition) is 5. The van der Waals surface area contributed by atoms with Crippen LogP contribution >= 0.6 is 24.2 Å². The summed E-state index contributed by atoms with van der Waals surface area (Å²) in [6.45, 7) is 0.292. The van der Waals surface area contributed by atoms with Crippen LogP contribution in [0.15, 0.2) is 83.8 Å². The number of nitrogens with zero attached hydrogens (tertiary/aromatic N) is 1. The molecule has 46 heavy (non-hydrogen) atoms. The third kappa shape index (κ3) is 6.27.